The molecule has 0 saturated carbocycles. The molecule has 0 unspecified atom stereocenters. The fraction of sp³-hybridized carbons (Fsp3) is 0.263. The Labute approximate surface area is 150 Å². The predicted octanol–water partition coefficient (Wildman–Crippen LogP) is 0.446. The van der Waals surface area contributed by atoms with Crippen LogP contribution < -0.4 is 9.88 Å². The second kappa shape index (κ2) is 6.59. The van der Waals surface area contributed by atoms with Crippen LogP contribution in [-0.4, -0.2) is 60.2 Å². The molecule has 0 bridgehead atoms. The van der Waals surface area contributed by atoms with Gasteiger partial charge in [0, 0.05) is 44.0 Å². The standard InChI is InChI=1S/C19H18N4O3/c24-17(13-23-18(25)15-3-1-2-4-16(15)19(23)26)22-11-9-21(10-12-22)14-5-7-20-8-6-14/h1-8H,9-13H2/p+1. The highest BCUT2D eigenvalue weighted by Gasteiger charge is 2.37. The highest BCUT2D eigenvalue weighted by atomic mass is 16.2. The minimum atomic E-state index is -0.391. The molecule has 2 aromatic rings. The third kappa shape index (κ3) is 2.81. The van der Waals surface area contributed by atoms with Gasteiger partial charge in [0.15, 0.2) is 12.4 Å². The van der Waals surface area contributed by atoms with E-state index in [1.807, 2.05) is 24.5 Å². The van der Waals surface area contributed by atoms with Crippen molar-refractivity contribution in [2.24, 2.45) is 0 Å². The quantitative estimate of drug-likeness (QED) is 0.753. The van der Waals surface area contributed by atoms with Gasteiger partial charge in [-0.15, -0.1) is 0 Å². The van der Waals surface area contributed by atoms with Gasteiger partial charge in [-0.3, -0.25) is 19.3 Å². The summed E-state index contributed by atoms with van der Waals surface area (Å²) in [6.07, 6.45) is 3.74. The maximum Gasteiger partial charge on any atom is 0.262 e. The molecule has 0 radical (unpaired) electrons. The molecule has 0 aliphatic carbocycles. The van der Waals surface area contributed by atoms with Gasteiger partial charge in [-0.1, -0.05) is 12.1 Å². The van der Waals surface area contributed by atoms with Crippen molar-refractivity contribution in [1.29, 1.82) is 0 Å². The number of imide groups is 1. The van der Waals surface area contributed by atoms with E-state index < -0.39 is 11.8 Å². The number of piperazine rings is 1. The molecular weight excluding hydrogens is 332 g/mol. The molecule has 2 aliphatic rings. The zero-order valence-corrected chi connectivity index (χ0v) is 14.2. The summed E-state index contributed by atoms with van der Waals surface area (Å²) in [4.78, 5) is 45.3. The predicted molar refractivity (Wildman–Crippen MR) is 93.6 cm³/mol. The van der Waals surface area contributed by atoms with E-state index in [0.717, 1.165) is 23.7 Å². The summed E-state index contributed by atoms with van der Waals surface area (Å²) in [7, 11) is 0. The molecule has 132 valence electrons. The number of carbonyl (C=O) groups excluding carboxylic acids is 3. The van der Waals surface area contributed by atoms with Crippen molar-refractivity contribution < 1.29 is 19.4 Å². The number of nitrogens with one attached hydrogen (secondary N) is 1. The first-order valence-corrected chi connectivity index (χ1v) is 8.59. The lowest BCUT2D eigenvalue weighted by molar-refractivity contribution is -0.377. The van der Waals surface area contributed by atoms with Gasteiger partial charge < -0.3 is 9.80 Å². The highest BCUT2D eigenvalue weighted by Crippen LogP contribution is 2.22. The lowest BCUT2D eigenvalue weighted by Gasteiger charge is -2.36. The third-order valence-corrected chi connectivity index (χ3v) is 4.87. The maximum atomic E-state index is 12.6. The minimum absolute atomic E-state index is 0.194. The molecular formula is C19H19N4O3+. The normalized spacial score (nSPS) is 16.8. The Morgan fingerprint density at radius 1 is 0.885 bits per heavy atom. The maximum absolute atomic E-state index is 12.6. The van der Waals surface area contributed by atoms with Gasteiger partial charge in [-0.25, -0.2) is 4.98 Å². The smallest absolute Gasteiger partial charge is 0.262 e. The van der Waals surface area contributed by atoms with Crippen LogP contribution >= 0.6 is 0 Å². The Hall–Kier alpha value is -3.22. The van der Waals surface area contributed by atoms with Gasteiger partial charge in [-0.2, -0.15) is 0 Å². The van der Waals surface area contributed by atoms with Crippen LogP contribution in [0.4, 0.5) is 5.69 Å². The molecule has 7 nitrogen and oxygen atoms in total. The topological polar surface area (TPSA) is 75.1 Å². The van der Waals surface area contributed by atoms with Gasteiger partial charge in [-0.05, 0) is 12.1 Å². The van der Waals surface area contributed by atoms with E-state index in [-0.39, 0.29) is 12.5 Å². The number of carbonyl (C=O) groups is 3. The van der Waals surface area contributed by atoms with Crippen molar-refractivity contribution in [2.45, 2.75) is 0 Å². The number of aromatic amines is 1. The van der Waals surface area contributed by atoms with E-state index >= 15 is 0 Å². The monoisotopic (exact) mass is 351 g/mol. The van der Waals surface area contributed by atoms with Crippen LogP contribution in [0.15, 0.2) is 48.8 Å². The van der Waals surface area contributed by atoms with E-state index in [1.54, 1.807) is 29.2 Å². The van der Waals surface area contributed by atoms with Crippen LogP contribution in [0.3, 0.4) is 0 Å². The van der Waals surface area contributed by atoms with Gasteiger partial charge in [0.1, 0.15) is 6.54 Å². The second-order valence-electron chi connectivity index (χ2n) is 6.37. The van der Waals surface area contributed by atoms with Crippen molar-refractivity contribution in [3.63, 3.8) is 0 Å². The zero-order chi connectivity index (χ0) is 18.1. The Morgan fingerprint density at radius 3 is 2.04 bits per heavy atom. The summed E-state index contributed by atoms with van der Waals surface area (Å²) in [6.45, 7) is 2.38. The lowest BCUT2D eigenvalue weighted by Crippen LogP contribution is -2.52. The Bertz CT molecular complexity index is 825. The number of amides is 3. The number of pyridine rings is 1. The molecule has 1 aromatic carbocycles. The second-order valence-corrected chi connectivity index (χ2v) is 6.37. The Balaban J connectivity index is 1.38. The molecule has 1 fully saturated rings. The number of anilines is 1. The average molecular weight is 351 g/mol. The molecule has 26 heavy (non-hydrogen) atoms. The van der Waals surface area contributed by atoms with E-state index in [4.69, 9.17) is 0 Å². The molecule has 4 rings (SSSR count). The summed E-state index contributed by atoms with van der Waals surface area (Å²) in [5.74, 6) is -0.975. The number of nitrogens with zero attached hydrogens (tertiary/aromatic N) is 3. The molecule has 0 spiro atoms. The molecule has 1 saturated heterocycles. The first-order valence-electron chi connectivity index (χ1n) is 8.59. The van der Waals surface area contributed by atoms with Crippen LogP contribution in [0.25, 0.3) is 0 Å². The number of H-pyrrole nitrogens is 1. The van der Waals surface area contributed by atoms with E-state index in [0.29, 0.717) is 24.2 Å². The molecule has 3 heterocycles. The molecule has 0 atom stereocenters. The minimum Gasteiger partial charge on any atom is -0.368 e. The number of hydrogen-bond acceptors (Lipinski definition) is 4. The Morgan fingerprint density at radius 2 is 1.46 bits per heavy atom. The van der Waals surface area contributed by atoms with Gasteiger partial charge >= 0.3 is 0 Å². The van der Waals surface area contributed by atoms with Crippen molar-refractivity contribution in [3.05, 3.63) is 59.9 Å². The highest BCUT2D eigenvalue weighted by molar-refractivity contribution is 6.22. The van der Waals surface area contributed by atoms with E-state index in [2.05, 4.69) is 9.88 Å². The summed E-state index contributed by atoms with van der Waals surface area (Å²) in [5.41, 5.74) is 1.85. The number of hydrogen-bond donors (Lipinski definition) is 0. The van der Waals surface area contributed by atoms with Gasteiger partial charge in [0.05, 0.1) is 11.1 Å². The number of rotatable bonds is 3. The molecule has 3 amide bonds. The summed E-state index contributed by atoms with van der Waals surface area (Å²) in [5, 5.41) is 0. The van der Waals surface area contributed by atoms with E-state index in [9.17, 15) is 14.4 Å². The van der Waals surface area contributed by atoms with Crippen LogP contribution in [0.5, 0.6) is 0 Å². The summed E-state index contributed by atoms with van der Waals surface area (Å²) >= 11 is 0. The summed E-state index contributed by atoms with van der Waals surface area (Å²) < 4.78 is 0. The van der Waals surface area contributed by atoms with Gasteiger partial charge in [0.2, 0.25) is 5.91 Å². The number of aromatic nitrogens is 1. The first-order chi connectivity index (χ1) is 12.6. The fourth-order valence-corrected chi connectivity index (χ4v) is 3.42. The molecule has 2 aliphatic heterocycles. The van der Waals surface area contributed by atoms with Crippen molar-refractivity contribution in [2.75, 3.05) is 37.6 Å². The third-order valence-electron chi connectivity index (χ3n) is 4.87. The van der Waals surface area contributed by atoms with Crippen molar-refractivity contribution in [3.8, 4) is 0 Å². The number of benzene rings is 1. The largest absolute Gasteiger partial charge is 0.368 e. The zero-order valence-electron chi connectivity index (χ0n) is 14.2. The van der Waals surface area contributed by atoms with Crippen LogP contribution in [0.2, 0.25) is 0 Å². The average Bonchev–Trinajstić information content (AvgIpc) is 2.94. The van der Waals surface area contributed by atoms with Crippen molar-refractivity contribution in [1.82, 2.24) is 9.80 Å². The fourth-order valence-electron chi connectivity index (χ4n) is 3.42. The van der Waals surface area contributed by atoms with Crippen molar-refractivity contribution >= 4 is 23.4 Å². The summed E-state index contributed by atoms with van der Waals surface area (Å²) in [6, 6.07) is 10.7. The number of fused-ring (bicyclic) bond motifs is 1. The lowest BCUT2D eigenvalue weighted by atomic mass is 10.1. The Kier molecular flexibility index (Phi) is 4.12. The molecule has 7 heteroatoms. The van der Waals surface area contributed by atoms with Gasteiger partial charge in [0.25, 0.3) is 11.8 Å². The SMILES string of the molecule is O=C(CN1C(=O)c2ccccc2C1=O)N1CCN(c2cc[nH+]cc2)CC1. The van der Waals surface area contributed by atoms with Crippen LogP contribution in [0, 0.1) is 0 Å². The van der Waals surface area contributed by atoms with Crippen LogP contribution in [-0.2, 0) is 4.79 Å². The first kappa shape index (κ1) is 16.3. The van der Waals surface area contributed by atoms with Crippen LogP contribution in [0.1, 0.15) is 20.7 Å². The molecule has 1 N–H and O–H groups in total. The van der Waals surface area contributed by atoms with E-state index in [1.165, 1.54) is 0 Å². The molecule has 1 aromatic heterocycles.